The van der Waals surface area contributed by atoms with Crippen molar-refractivity contribution in [2.45, 2.75) is 13.8 Å². The van der Waals surface area contributed by atoms with Crippen molar-refractivity contribution >= 4 is 43.8 Å². The molecule has 5 aromatic rings. The van der Waals surface area contributed by atoms with E-state index in [0.717, 1.165) is 65.3 Å². The van der Waals surface area contributed by atoms with E-state index < -0.39 is 0 Å². The Labute approximate surface area is 195 Å². The number of aryl methyl sites for hydroxylation is 1. The standard InChI is InChI=1S/C26H25N5OS/c1-3-29-12-14-30(15-13-29)24-20-7-5-4-6-19(20)23-27-25-22(26(32)31(23)28-24)21(16-33-25)18-10-8-17(2)9-11-18/h4-11,16H,3,12-15H2,1-2H3/p+1. The van der Waals surface area contributed by atoms with Crippen LogP contribution in [-0.4, -0.2) is 47.3 Å². The molecule has 0 spiro atoms. The molecule has 0 unspecified atom stereocenters. The minimum Gasteiger partial charge on any atom is -0.343 e. The number of aromatic nitrogens is 3. The van der Waals surface area contributed by atoms with E-state index in [1.165, 1.54) is 21.4 Å². The maximum Gasteiger partial charge on any atom is 0.283 e. The molecule has 0 amide bonds. The van der Waals surface area contributed by atoms with Gasteiger partial charge in [0.25, 0.3) is 5.56 Å². The number of benzene rings is 2. The van der Waals surface area contributed by atoms with Gasteiger partial charge in [0.1, 0.15) is 4.83 Å². The topological polar surface area (TPSA) is 54.9 Å². The molecule has 0 radical (unpaired) electrons. The van der Waals surface area contributed by atoms with Crippen LogP contribution in [0.25, 0.3) is 37.8 Å². The molecule has 1 aliphatic heterocycles. The van der Waals surface area contributed by atoms with Gasteiger partial charge in [-0.2, -0.15) is 4.52 Å². The van der Waals surface area contributed by atoms with Gasteiger partial charge in [0.15, 0.2) is 11.5 Å². The molecular weight excluding hydrogens is 430 g/mol. The largest absolute Gasteiger partial charge is 0.343 e. The predicted octanol–water partition coefficient (Wildman–Crippen LogP) is 3.16. The van der Waals surface area contributed by atoms with E-state index in [2.05, 4.69) is 55.1 Å². The fourth-order valence-corrected chi connectivity index (χ4v) is 5.78. The second-order valence-electron chi connectivity index (χ2n) is 8.81. The van der Waals surface area contributed by atoms with Gasteiger partial charge in [-0.15, -0.1) is 16.4 Å². The summed E-state index contributed by atoms with van der Waals surface area (Å²) in [5.41, 5.74) is 3.68. The number of nitrogens with one attached hydrogen (secondary N) is 1. The third-order valence-electron chi connectivity index (χ3n) is 6.82. The second-order valence-corrected chi connectivity index (χ2v) is 9.67. The molecule has 166 valence electrons. The number of nitrogens with zero attached hydrogens (tertiary/aromatic N) is 4. The summed E-state index contributed by atoms with van der Waals surface area (Å²) in [7, 11) is 0. The summed E-state index contributed by atoms with van der Waals surface area (Å²) >= 11 is 1.52. The third-order valence-corrected chi connectivity index (χ3v) is 7.69. The number of piperazine rings is 1. The van der Waals surface area contributed by atoms with Gasteiger partial charge in [-0.25, -0.2) is 4.98 Å². The molecular formula is C26H26N5OS+. The average Bonchev–Trinajstić information content (AvgIpc) is 3.29. The van der Waals surface area contributed by atoms with Crippen LogP contribution in [0.1, 0.15) is 12.5 Å². The maximum absolute atomic E-state index is 13.8. The lowest BCUT2D eigenvalue weighted by molar-refractivity contribution is -0.898. The summed E-state index contributed by atoms with van der Waals surface area (Å²) in [6.45, 7) is 9.47. The summed E-state index contributed by atoms with van der Waals surface area (Å²) in [5.74, 6) is 0.878. The Kier molecular flexibility index (Phi) is 4.89. The zero-order chi connectivity index (χ0) is 22.5. The van der Waals surface area contributed by atoms with Crippen LogP contribution in [0.5, 0.6) is 0 Å². The Balaban J connectivity index is 1.60. The van der Waals surface area contributed by atoms with Crippen LogP contribution in [0.4, 0.5) is 5.82 Å². The van der Waals surface area contributed by atoms with E-state index in [-0.39, 0.29) is 5.56 Å². The highest BCUT2D eigenvalue weighted by atomic mass is 32.1. The lowest BCUT2D eigenvalue weighted by atomic mass is 10.0. The Hall–Kier alpha value is -3.29. The van der Waals surface area contributed by atoms with Gasteiger partial charge in [-0.05, 0) is 19.4 Å². The number of quaternary nitrogens is 1. The molecule has 6 nitrogen and oxygen atoms in total. The summed E-state index contributed by atoms with van der Waals surface area (Å²) in [4.78, 5) is 23.5. The maximum atomic E-state index is 13.8. The smallest absolute Gasteiger partial charge is 0.283 e. The number of fused-ring (bicyclic) bond motifs is 4. The van der Waals surface area contributed by atoms with Crippen molar-refractivity contribution in [1.82, 2.24) is 14.6 Å². The predicted molar refractivity (Wildman–Crippen MR) is 136 cm³/mol. The molecule has 0 atom stereocenters. The van der Waals surface area contributed by atoms with Gasteiger partial charge in [-0.1, -0.05) is 54.1 Å². The van der Waals surface area contributed by atoms with Crippen molar-refractivity contribution in [3.05, 3.63) is 69.8 Å². The van der Waals surface area contributed by atoms with Crippen LogP contribution < -0.4 is 15.4 Å². The Bertz CT molecular complexity index is 1550. The minimum absolute atomic E-state index is 0.100. The Morgan fingerprint density at radius 1 is 1.03 bits per heavy atom. The van der Waals surface area contributed by atoms with Gasteiger partial charge in [-0.3, -0.25) is 4.79 Å². The molecule has 1 N–H and O–H groups in total. The van der Waals surface area contributed by atoms with Crippen molar-refractivity contribution in [2.75, 3.05) is 37.6 Å². The van der Waals surface area contributed by atoms with E-state index in [4.69, 9.17) is 10.1 Å². The molecule has 0 saturated carbocycles. The number of likely N-dealkylation sites (N-methyl/N-ethyl adjacent to an activating group) is 1. The highest BCUT2D eigenvalue weighted by Gasteiger charge is 2.24. The summed E-state index contributed by atoms with van der Waals surface area (Å²) in [6, 6.07) is 16.5. The average molecular weight is 457 g/mol. The molecule has 1 aliphatic rings. The lowest BCUT2D eigenvalue weighted by Gasteiger charge is -2.32. The second kappa shape index (κ2) is 7.93. The fourth-order valence-electron chi connectivity index (χ4n) is 4.84. The lowest BCUT2D eigenvalue weighted by Crippen LogP contribution is -3.14. The highest BCUT2D eigenvalue weighted by molar-refractivity contribution is 7.17. The summed E-state index contributed by atoms with van der Waals surface area (Å²) < 4.78 is 1.53. The number of rotatable bonds is 3. The normalized spacial score (nSPS) is 15.2. The fraction of sp³-hybridized carbons (Fsp3) is 0.269. The van der Waals surface area contributed by atoms with Crippen molar-refractivity contribution in [1.29, 1.82) is 0 Å². The number of thiophene rings is 1. The molecule has 0 aliphatic carbocycles. The zero-order valence-electron chi connectivity index (χ0n) is 18.8. The minimum atomic E-state index is -0.100. The van der Waals surface area contributed by atoms with E-state index in [1.54, 1.807) is 4.90 Å². The van der Waals surface area contributed by atoms with E-state index >= 15 is 0 Å². The molecule has 1 saturated heterocycles. The summed E-state index contributed by atoms with van der Waals surface area (Å²) in [6.07, 6.45) is 0. The molecule has 3 aromatic heterocycles. The number of hydrogen-bond acceptors (Lipinski definition) is 5. The number of anilines is 1. The van der Waals surface area contributed by atoms with Crippen LogP contribution in [0.3, 0.4) is 0 Å². The van der Waals surface area contributed by atoms with Crippen LogP contribution in [-0.2, 0) is 0 Å². The summed E-state index contributed by atoms with van der Waals surface area (Å²) in [5, 5.41) is 9.63. The Morgan fingerprint density at radius 3 is 2.48 bits per heavy atom. The zero-order valence-corrected chi connectivity index (χ0v) is 19.7. The molecule has 0 bridgehead atoms. The van der Waals surface area contributed by atoms with Crippen LogP contribution in [0.15, 0.2) is 58.7 Å². The first-order chi connectivity index (χ1) is 16.1. The first kappa shape index (κ1) is 20.3. The molecule has 7 heteroatoms. The van der Waals surface area contributed by atoms with Gasteiger partial charge >= 0.3 is 0 Å². The van der Waals surface area contributed by atoms with Crippen molar-refractivity contribution in [2.24, 2.45) is 0 Å². The van der Waals surface area contributed by atoms with Crippen LogP contribution in [0.2, 0.25) is 0 Å². The van der Waals surface area contributed by atoms with Crippen molar-refractivity contribution < 1.29 is 4.90 Å². The van der Waals surface area contributed by atoms with E-state index in [9.17, 15) is 4.79 Å². The van der Waals surface area contributed by atoms with E-state index in [1.807, 2.05) is 17.5 Å². The van der Waals surface area contributed by atoms with Crippen molar-refractivity contribution in [3.8, 4) is 11.1 Å². The molecule has 6 rings (SSSR count). The van der Waals surface area contributed by atoms with Crippen LogP contribution >= 0.6 is 11.3 Å². The molecule has 1 fully saturated rings. The van der Waals surface area contributed by atoms with E-state index in [0.29, 0.717) is 11.0 Å². The molecule has 2 aromatic carbocycles. The molecule has 4 heterocycles. The van der Waals surface area contributed by atoms with Crippen LogP contribution in [0, 0.1) is 6.92 Å². The monoisotopic (exact) mass is 456 g/mol. The number of hydrogen-bond donors (Lipinski definition) is 1. The van der Waals surface area contributed by atoms with Crippen molar-refractivity contribution in [3.63, 3.8) is 0 Å². The van der Waals surface area contributed by atoms with Gasteiger partial charge in [0.2, 0.25) is 0 Å². The first-order valence-corrected chi connectivity index (χ1v) is 12.4. The Morgan fingerprint density at radius 2 is 1.76 bits per heavy atom. The highest BCUT2D eigenvalue weighted by Crippen LogP contribution is 2.33. The van der Waals surface area contributed by atoms with Gasteiger partial charge in [0, 0.05) is 21.7 Å². The SMILES string of the molecule is CC[NH+]1CCN(c2nn3c(=O)c4c(-c5ccc(C)cc5)csc4nc3c3ccccc23)CC1. The quantitative estimate of drug-likeness (QED) is 0.424. The first-order valence-electron chi connectivity index (χ1n) is 11.5. The molecule has 33 heavy (non-hydrogen) atoms. The van der Waals surface area contributed by atoms with Gasteiger partial charge < -0.3 is 9.80 Å². The third kappa shape index (κ3) is 3.31. The van der Waals surface area contributed by atoms with Gasteiger partial charge in [0.05, 0.1) is 38.1 Å².